The van der Waals surface area contributed by atoms with Gasteiger partial charge in [0.1, 0.15) is 11.4 Å². The maximum absolute atomic E-state index is 2.51. The molecular weight excluding hydrogens is 460 g/mol. The van der Waals surface area contributed by atoms with Crippen LogP contribution in [0.3, 0.4) is 0 Å². The monoisotopic (exact) mass is 493 g/mol. The molecule has 0 radical (unpaired) electrons. The van der Waals surface area contributed by atoms with Gasteiger partial charge in [-0.3, -0.25) is 0 Å². The Balaban J connectivity index is 1.63. The average molecular weight is 494 g/mol. The van der Waals surface area contributed by atoms with Crippen LogP contribution in [0.2, 0.25) is 0 Å². The molecule has 0 bridgehead atoms. The van der Waals surface area contributed by atoms with E-state index in [4.69, 9.17) is 0 Å². The van der Waals surface area contributed by atoms with E-state index < -0.39 is 0 Å². The number of anilines is 1. The lowest BCUT2D eigenvalue weighted by Gasteiger charge is -2.26. The minimum Gasteiger partial charge on any atom is -0.221 e. The van der Waals surface area contributed by atoms with Crippen molar-refractivity contribution in [3.8, 4) is 11.1 Å². The Hall–Kier alpha value is -4.43. The highest BCUT2D eigenvalue weighted by molar-refractivity contribution is 5.90. The summed E-state index contributed by atoms with van der Waals surface area (Å²) >= 11 is 0. The fraction of sp³-hybridized carbons (Fsp3) is 0.139. The molecule has 38 heavy (non-hydrogen) atoms. The molecule has 5 aromatic rings. The van der Waals surface area contributed by atoms with Crippen LogP contribution in [0.5, 0.6) is 0 Å². The lowest BCUT2D eigenvalue weighted by atomic mass is 9.91. The van der Waals surface area contributed by atoms with Gasteiger partial charge >= 0.3 is 0 Å². The van der Waals surface area contributed by atoms with E-state index in [0.717, 1.165) is 0 Å². The first-order valence-electron chi connectivity index (χ1n) is 13.4. The first-order valence-corrected chi connectivity index (χ1v) is 13.4. The van der Waals surface area contributed by atoms with E-state index in [1.165, 1.54) is 50.3 Å². The first kappa shape index (κ1) is 23.9. The Labute approximate surface area is 226 Å². The average Bonchev–Trinajstić information content (AvgIpc) is 3.34. The highest BCUT2D eigenvalue weighted by atomic mass is 15.3. The lowest BCUT2D eigenvalue weighted by molar-refractivity contribution is -0.482. The summed E-state index contributed by atoms with van der Waals surface area (Å²) in [5.74, 6) is 0. The van der Waals surface area contributed by atoms with E-state index in [-0.39, 0.29) is 12.1 Å². The molecule has 1 aliphatic heterocycles. The van der Waals surface area contributed by atoms with Crippen LogP contribution >= 0.6 is 0 Å². The molecule has 0 spiro atoms. The molecule has 0 fully saturated rings. The molecule has 2 heteroatoms. The second kappa shape index (κ2) is 10.1. The largest absolute Gasteiger partial charge is 0.245 e. The SMILES string of the molecule is Cc1cc(C)c([N+]2=CN(c3ccccc3-c3ccccc3)[C@H](c3ccccc3)[C@H]2c2ccccc2)c(C)c1. The zero-order chi connectivity index (χ0) is 26.1. The molecule has 0 saturated carbocycles. The molecule has 0 unspecified atom stereocenters. The predicted octanol–water partition coefficient (Wildman–Crippen LogP) is 8.95. The van der Waals surface area contributed by atoms with Crippen LogP contribution in [0.1, 0.15) is 39.9 Å². The molecular formula is C36H33N2+. The predicted molar refractivity (Wildman–Crippen MR) is 159 cm³/mol. The molecule has 0 N–H and O–H groups in total. The first-order chi connectivity index (χ1) is 18.6. The van der Waals surface area contributed by atoms with Crippen LogP contribution in [0.4, 0.5) is 11.4 Å². The van der Waals surface area contributed by atoms with Gasteiger partial charge in [-0.25, -0.2) is 9.48 Å². The zero-order valence-electron chi connectivity index (χ0n) is 22.3. The van der Waals surface area contributed by atoms with Crippen molar-refractivity contribution in [2.24, 2.45) is 0 Å². The van der Waals surface area contributed by atoms with Gasteiger partial charge in [0.25, 0.3) is 0 Å². The second-order valence-corrected chi connectivity index (χ2v) is 10.3. The quantitative estimate of drug-likeness (QED) is 0.221. The van der Waals surface area contributed by atoms with Crippen molar-refractivity contribution in [2.45, 2.75) is 32.9 Å². The minimum absolute atomic E-state index is 0.0866. The third-order valence-corrected chi connectivity index (χ3v) is 7.59. The number of para-hydroxylation sites is 1. The molecule has 0 saturated heterocycles. The van der Waals surface area contributed by atoms with Crippen LogP contribution in [0.25, 0.3) is 11.1 Å². The summed E-state index contributed by atoms with van der Waals surface area (Å²) in [6.07, 6.45) is 2.35. The summed E-state index contributed by atoms with van der Waals surface area (Å²) in [4.78, 5) is 2.49. The van der Waals surface area contributed by atoms with Gasteiger partial charge in [0.15, 0.2) is 12.1 Å². The van der Waals surface area contributed by atoms with Crippen molar-refractivity contribution >= 4 is 17.7 Å². The molecule has 0 aromatic heterocycles. The number of benzene rings is 5. The Morgan fingerprint density at radius 3 is 1.74 bits per heavy atom. The van der Waals surface area contributed by atoms with Crippen molar-refractivity contribution in [1.29, 1.82) is 0 Å². The molecule has 1 heterocycles. The molecule has 1 aliphatic rings. The number of aryl methyl sites for hydroxylation is 3. The van der Waals surface area contributed by atoms with Gasteiger partial charge in [-0.05, 0) is 43.5 Å². The fourth-order valence-corrected chi connectivity index (χ4v) is 6.12. The Kier molecular flexibility index (Phi) is 6.39. The summed E-state index contributed by atoms with van der Waals surface area (Å²) in [6, 6.07) is 46.2. The number of nitrogens with zero attached hydrogens (tertiary/aromatic N) is 2. The summed E-state index contributed by atoms with van der Waals surface area (Å²) in [5, 5.41) is 0. The van der Waals surface area contributed by atoms with Crippen LogP contribution in [-0.2, 0) is 0 Å². The normalized spacial score (nSPS) is 16.9. The van der Waals surface area contributed by atoms with Gasteiger partial charge in [0, 0.05) is 16.7 Å². The molecule has 0 aliphatic carbocycles. The van der Waals surface area contributed by atoms with E-state index >= 15 is 0 Å². The fourth-order valence-electron chi connectivity index (χ4n) is 6.12. The number of rotatable bonds is 5. The third-order valence-electron chi connectivity index (χ3n) is 7.59. The van der Waals surface area contributed by atoms with Crippen LogP contribution in [-0.4, -0.2) is 10.9 Å². The van der Waals surface area contributed by atoms with E-state index in [0.29, 0.717) is 0 Å². The lowest BCUT2D eigenvalue weighted by Crippen LogP contribution is -2.26. The van der Waals surface area contributed by atoms with Gasteiger partial charge in [-0.1, -0.05) is 127 Å². The smallest absolute Gasteiger partial charge is 0.221 e. The number of hydrogen-bond acceptors (Lipinski definition) is 1. The molecule has 0 amide bonds. The summed E-state index contributed by atoms with van der Waals surface area (Å²) in [5.41, 5.74) is 11.4. The van der Waals surface area contributed by atoms with Crippen LogP contribution < -0.4 is 4.90 Å². The van der Waals surface area contributed by atoms with Crippen molar-refractivity contribution in [2.75, 3.05) is 4.90 Å². The van der Waals surface area contributed by atoms with Crippen LogP contribution in [0, 0.1) is 20.8 Å². The summed E-state index contributed by atoms with van der Waals surface area (Å²) < 4.78 is 2.51. The Morgan fingerprint density at radius 2 is 1.11 bits per heavy atom. The highest BCUT2D eigenvalue weighted by Crippen LogP contribution is 2.48. The minimum atomic E-state index is 0.0866. The molecule has 186 valence electrons. The second-order valence-electron chi connectivity index (χ2n) is 10.3. The number of hydrogen-bond donors (Lipinski definition) is 0. The molecule has 2 atom stereocenters. The summed E-state index contributed by atoms with van der Waals surface area (Å²) in [7, 11) is 0. The van der Waals surface area contributed by atoms with Crippen molar-refractivity contribution in [1.82, 2.24) is 0 Å². The third kappa shape index (κ3) is 4.33. The maximum Gasteiger partial charge on any atom is 0.245 e. The van der Waals surface area contributed by atoms with E-state index in [1.807, 2.05) is 0 Å². The van der Waals surface area contributed by atoms with E-state index in [2.05, 4.69) is 164 Å². The Bertz CT molecular complexity index is 1560. The van der Waals surface area contributed by atoms with Crippen molar-refractivity contribution in [3.63, 3.8) is 0 Å². The topological polar surface area (TPSA) is 6.25 Å². The van der Waals surface area contributed by atoms with E-state index in [9.17, 15) is 0 Å². The van der Waals surface area contributed by atoms with Gasteiger partial charge in [0.05, 0.1) is 0 Å². The van der Waals surface area contributed by atoms with Crippen molar-refractivity contribution < 1.29 is 4.58 Å². The molecule has 2 nitrogen and oxygen atoms in total. The van der Waals surface area contributed by atoms with Gasteiger partial charge in [-0.15, -0.1) is 0 Å². The maximum atomic E-state index is 2.51. The van der Waals surface area contributed by atoms with Gasteiger partial charge < -0.3 is 0 Å². The zero-order valence-corrected chi connectivity index (χ0v) is 22.3. The Morgan fingerprint density at radius 1 is 0.579 bits per heavy atom. The van der Waals surface area contributed by atoms with Gasteiger partial charge in [0.2, 0.25) is 6.34 Å². The molecule has 5 aromatic carbocycles. The highest BCUT2D eigenvalue weighted by Gasteiger charge is 2.47. The standard InChI is InChI=1S/C36H33N2/c1-26-23-27(2)34(28(3)24-26)38-25-37(33-22-14-13-21-32(33)29-15-7-4-8-16-29)35(30-17-9-5-10-18-30)36(38)31-19-11-6-12-20-31/h4-25,35-36H,1-3H3/q+1/t35-,36-/m1/s1. The van der Waals surface area contributed by atoms with Gasteiger partial charge in [-0.2, -0.15) is 0 Å². The van der Waals surface area contributed by atoms with E-state index in [1.54, 1.807) is 0 Å². The van der Waals surface area contributed by atoms with Crippen LogP contribution in [0.15, 0.2) is 127 Å². The summed E-state index contributed by atoms with van der Waals surface area (Å²) in [6.45, 7) is 6.66. The van der Waals surface area contributed by atoms with Crippen molar-refractivity contribution in [3.05, 3.63) is 155 Å². The molecule has 6 rings (SSSR count).